The molecular weight excluding hydrogens is 348 g/mol. The maximum absolute atomic E-state index is 11.8. The molecule has 0 radical (unpaired) electrons. The summed E-state index contributed by atoms with van der Waals surface area (Å²) in [5.41, 5.74) is 0.863. The van der Waals surface area contributed by atoms with Crippen LogP contribution in [0.4, 0.5) is 5.95 Å². The third kappa shape index (κ3) is 3.32. The lowest BCUT2D eigenvalue weighted by Gasteiger charge is -1.98. The molecule has 0 bridgehead atoms. The molecule has 1 amide bonds. The highest BCUT2D eigenvalue weighted by Crippen LogP contribution is 2.25. The Balaban J connectivity index is 1.69. The van der Waals surface area contributed by atoms with E-state index in [-0.39, 0.29) is 11.9 Å². The number of hydrogen-bond acceptors (Lipinski definition) is 4. The van der Waals surface area contributed by atoms with Gasteiger partial charge in [0.1, 0.15) is 5.76 Å². The quantitative estimate of drug-likeness (QED) is 0.699. The largest absolute Gasteiger partial charge is 0.465 e. The lowest BCUT2D eigenvalue weighted by atomic mass is 10.2. The first kappa shape index (κ1) is 14.3. The number of carbonyl (C=O) groups is 1. The van der Waals surface area contributed by atoms with E-state index in [0.29, 0.717) is 11.6 Å². The van der Waals surface area contributed by atoms with Gasteiger partial charge in [0.05, 0.1) is 6.26 Å². The zero-order chi connectivity index (χ0) is 15.4. The van der Waals surface area contributed by atoms with Gasteiger partial charge >= 0.3 is 0 Å². The Bertz CT molecular complexity index is 809. The first-order chi connectivity index (χ1) is 10.7. The summed E-state index contributed by atoms with van der Waals surface area (Å²) in [5, 5.41) is 9.34. The highest BCUT2D eigenvalue weighted by Gasteiger charge is 2.09. The van der Waals surface area contributed by atoms with Crippen molar-refractivity contribution in [1.82, 2.24) is 15.2 Å². The summed E-state index contributed by atoms with van der Waals surface area (Å²) in [5.74, 6) is 1.03. The fraction of sp³-hybridized carbons (Fsp3) is 0. The second kappa shape index (κ2) is 6.40. The summed E-state index contributed by atoms with van der Waals surface area (Å²) < 4.78 is 5.99. The molecule has 0 unspecified atom stereocenters. The van der Waals surface area contributed by atoms with Gasteiger partial charge in [-0.2, -0.15) is 4.98 Å². The van der Waals surface area contributed by atoms with E-state index in [1.807, 2.05) is 24.3 Å². The van der Waals surface area contributed by atoms with E-state index in [1.165, 1.54) is 12.3 Å². The van der Waals surface area contributed by atoms with Gasteiger partial charge in [0, 0.05) is 16.1 Å². The van der Waals surface area contributed by atoms with Crippen molar-refractivity contribution in [2.24, 2.45) is 0 Å². The predicted molar refractivity (Wildman–Crippen MR) is 85.9 cm³/mol. The van der Waals surface area contributed by atoms with Gasteiger partial charge in [-0.15, -0.1) is 5.10 Å². The molecule has 0 spiro atoms. The minimum absolute atomic E-state index is 0.208. The smallest absolute Gasteiger partial charge is 0.250 e. The zero-order valence-electron chi connectivity index (χ0n) is 11.3. The fourth-order valence-electron chi connectivity index (χ4n) is 1.79. The topological polar surface area (TPSA) is 83.8 Å². The van der Waals surface area contributed by atoms with Crippen molar-refractivity contribution in [3.05, 3.63) is 59.0 Å². The van der Waals surface area contributed by atoms with E-state index >= 15 is 0 Å². The number of furan rings is 1. The zero-order valence-corrected chi connectivity index (χ0v) is 12.9. The molecule has 0 aliphatic rings. The number of H-pyrrole nitrogens is 1. The summed E-state index contributed by atoms with van der Waals surface area (Å²) in [6.45, 7) is 0. The molecule has 22 heavy (non-hydrogen) atoms. The molecule has 0 aliphatic heterocycles. The highest BCUT2D eigenvalue weighted by molar-refractivity contribution is 9.10. The molecule has 7 heteroatoms. The second-order valence-electron chi connectivity index (χ2n) is 4.33. The Morgan fingerprint density at radius 3 is 2.91 bits per heavy atom. The molecule has 6 nitrogen and oxygen atoms in total. The lowest BCUT2D eigenvalue weighted by Crippen LogP contribution is -2.09. The molecule has 0 atom stereocenters. The van der Waals surface area contributed by atoms with Gasteiger partial charge in [0.25, 0.3) is 5.91 Å². The van der Waals surface area contributed by atoms with E-state index < -0.39 is 0 Å². The van der Waals surface area contributed by atoms with Crippen molar-refractivity contribution in [2.75, 3.05) is 5.32 Å². The van der Waals surface area contributed by atoms with Crippen LogP contribution in [0.15, 0.2) is 57.6 Å². The number of aromatic nitrogens is 3. The number of amides is 1. The number of benzene rings is 1. The lowest BCUT2D eigenvalue weighted by molar-refractivity contribution is -0.111. The van der Waals surface area contributed by atoms with Crippen LogP contribution in [0, 0.1) is 0 Å². The number of aromatic amines is 1. The molecule has 0 aliphatic carbocycles. The van der Waals surface area contributed by atoms with Crippen molar-refractivity contribution < 1.29 is 9.21 Å². The molecule has 0 fully saturated rings. The molecule has 2 heterocycles. The van der Waals surface area contributed by atoms with Gasteiger partial charge in [0.2, 0.25) is 5.95 Å². The maximum Gasteiger partial charge on any atom is 0.250 e. The number of rotatable bonds is 4. The van der Waals surface area contributed by atoms with Crippen LogP contribution in [-0.2, 0) is 4.79 Å². The minimum atomic E-state index is -0.339. The molecule has 2 N–H and O–H groups in total. The predicted octanol–water partition coefficient (Wildman–Crippen LogP) is 3.48. The molecule has 0 saturated heterocycles. The van der Waals surface area contributed by atoms with Gasteiger partial charge in [-0.1, -0.05) is 34.1 Å². The fourth-order valence-corrected chi connectivity index (χ4v) is 2.26. The van der Waals surface area contributed by atoms with Crippen LogP contribution in [0.5, 0.6) is 0 Å². The normalized spacial score (nSPS) is 11.0. The molecule has 2 aromatic heterocycles. The second-order valence-corrected chi connectivity index (χ2v) is 5.18. The van der Waals surface area contributed by atoms with Gasteiger partial charge in [0.15, 0.2) is 5.82 Å². The summed E-state index contributed by atoms with van der Waals surface area (Å²) in [6, 6.07) is 11.1. The van der Waals surface area contributed by atoms with Crippen molar-refractivity contribution in [2.45, 2.75) is 0 Å². The van der Waals surface area contributed by atoms with Crippen LogP contribution in [0.2, 0.25) is 0 Å². The van der Waals surface area contributed by atoms with Crippen molar-refractivity contribution in [1.29, 1.82) is 0 Å². The number of nitrogens with one attached hydrogen (secondary N) is 2. The molecular formula is C15H11BrN4O2. The van der Waals surface area contributed by atoms with Crippen LogP contribution in [0.25, 0.3) is 17.5 Å². The summed E-state index contributed by atoms with van der Waals surface area (Å²) in [4.78, 5) is 16.0. The molecule has 110 valence electrons. The monoisotopic (exact) mass is 358 g/mol. The van der Waals surface area contributed by atoms with Crippen LogP contribution < -0.4 is 5.32 Å². The third-order valence-electron chi connectivity index (χ3n) is 2.79. The van der Waals surface area contributed by atoms with E-state index in [0.717, 1.165) is 10.0 Å². The number of halogens is 1. The Morgan fingerprint density at radius 1 is 1.27 bits per heavy atom. The van der Waals surface area contributed by atoms with E-state index in [4.69, 9.17) is 4.42 Å². The SMILES string of the molecule is O=C(C=Cc1ccco1)Nc1n[nH]c(-c2ccccc2Br)n1. The molecule has 3 aromatic rings. The number of carbonyl (C=O) groups excluding carboxylic acids is 1. The third-order valence-corrected chi connectivity index (χ3v) is 3.48. The van der Waals surface area contributed by atoms with E-state index in [9.17, 15) is 4.79 Å². The van der Waals surface area contributed by atoms with Gasteiger partial charge < -0.3 is 4.42 Å². The number of anilines is 1. The molecule has 0 saturated carbocycles. The van der Waals surface area contributed by atoms with E-state index in [1.54, 1.807) is 18.2 Å². The van der Waals surface area contributed by atoms with Crippen LogP contribution in [0.1, 0.15) is 5.76 Å². The minimum Gasteiger partial charge on any atom is -0.465 e. The highest BCUT2D eigenvalue weighted by atomic mass is 79.9. The van der Waals surface area contributed by atoms with Gasteiger partial charge in [-0.3, -0.25) is 15.2 Å². The van der Waals surface area contributed by atoms with Crippen LogP contribution in [0.3, 0.4) is 0 Å². The maximum atomic E-state index is 11.8. The molecule has 3 rings (SSSR count). The van der Waals surface area contributed by atoms with Crippen LogP contribution in [-0.4, -0.2) is 21.1 Å². The van der Waals surface area contributed by atoms with E-state index in [2.05, 4.69) is 36.4 Å². The number of nitrogens with zero attached hydrogens (tertiary/aromatic N) is 2. The van der Waals surface area contributed by atoms with Crippen molar-refractivity contribution >= 4 is 33.9 Å². The first-order valence-corrected chi connectivity index (χ1v) is 7.21. The Labute approximate surface area is 134 Å². The standard InChI is InChI=1S/C15H11BrN4O2/c16-12-6-2-1-5-11(12)14-18-15(20-19-14)17-13(21)8-7-10-4-3-9-22-10/h1-9H,(H2,17,18,19,20,21). The van der Waals surface area contributed by atoms with Gasteiger partial charge in [-0.05, 0) is 24.3 Å². The van der Waals surface area contributed by atoms with Crippen molar-refractivity contribution in [3.63, 3.8) is 0 Å². The summed E-state index contributed by atoms with van der Waals surface area (Å²) in [7, 11) is 0. The van der Waals surface area contributed by atoms with Crippen molar-refractivity contribution in [3.8, 4) is 11.4 Å². The average Bonchev–Trinajstić information content (AvgIpc) is 3.17. The summed E-state index contributed by atoms with van der Waals surface area (Å²) in [6.07, 6.45) is 4.46. The van der Waals surface area contributed by atoms with Gasteiger partial charge in [-0.25, -0.2) is 0 Å². The Morgan fingerprint density at radius 2 is 2.14 bits per heavy atom. The average molecular weight is 359 g/mol. The summed E-state index contributed by atoms with van der Waals surface area (Å²) >= 11 is 3.44. The van der Waals surface area contributed by atoms with Crippen LogP contribution >= 0.6 is 15.9 Å². The first-order valence-electron chi connectivity index (χ1n) is 6.42. The number of hydrogen-bond donors (Lipinski definition) is 2. The Kier molecular flexibility index (Phi) is 4.15. The molecule has 1 aromatic carbocycles. The Hall–Kier alpha value is -2.67.